The van der Waals surface area contributed by atoms with Crippen molar-refractivity contribution < 1.29 is 18.8 Å². The highest BCUT2D eigenvalue weighted by Gasteiger charge is 2.38. The van der Waals surface area contributed by atoms with Gasteiger partial charge in [0.15, 0.2) is 6.04 Å². The Labute approximate surface area is 150 Å². The maximum atomic E-state index is 13.0. The van der Waals surface area contributed by atoms with E-state index in [1.54, 1.807) is 12.1 Å². The molecule has 1 aliphatic rings. The minimum Gasteiger partial charge on any atom is -0.465 e. The van der Waals surface area contributed by atoms with Crippen LogP contribution in [0.25, 0.3) is 0 Å². The van der Waals surface area contributed by atoms with Gasteiger partial charge in [-0.3, -0.25) is 4.79 Å². The number of esters is 1. The van der Waals surface area contributed by atoms with Gasteiger partial charge in [0.05, 0.1) is 38.0 Å². The molecule has 1 aliphatic heterocycles. The number of nitrogens with one attached hydrogen (secondary N) is 1. The van der Waals surface area contributed by atoms with Crippen molar-refractivity contribution in [3.63, 3.8) is 0 Å². The van der Waals surface area contributed by atoms with E-state index in [0.29, 0.717) is 11.3 Å². The number of likely N-dealkylation sites (tertiary alicyclic amines) is 1. The second-order valence-corrected chi connectivity index (χ2v) is 7.05. The summed E-state index contributed by atoms with van der Waals surface area (Å²) in [6.45, 7) is 9.11. The number of benzene rings is 1. The first-order valence-electron chi connectivity index (χ1n) is 9.29. The maximum Gasteiger partial charge on any atom is 0.339 e. The first-order valence-corrected chi connectivity index (χ1v) is 9.29. The van der Waals surface area contributed by atoms with E-state index >= 15 is 0 Å². The number of para-hydroxylation sites is 1. The lowest BCUT2D eigenvalue weighted by atomic mass is 10.1. The summed E-state index contributed by atoms with van der Waals surface area (Å²) < 4.78 is 5.68. The van der Waals surface area contributed by atoms with Gasteiger partial charge >= 0.3 is 5.97 Å². The fraction of sp³-hybridized carbons (Fsp3) is 0.600. The number of amides is 1. The Hall–Kier alpha value is -1.88. The number of hydrogen-bond donors (Lipinski definition) is 1. The predicted octanol–water partition coefficient (Wildman–Crippen LogP) is 3.52. The predicted molar refractivity (Wildman–Crippen MR) is 99.6 cm³/mol. The average molecular weight is 347 g/mol. The van der Waals surface area contributed by atoms with E-state index < -0.39 is 5.97 Å². The first-order chi connectivity index (χ1) is 11.9. The molecule has 1 aromatic rings. The van der Waals surface area contributed by atoms with Crippen molar-refractivity contribution >= 4 is 17.6 Å². The van der Waals surface area contributed by atoms with Gasteiger partial charge in [-0.05, 0) is 58.1 Å². The van der Waals surface area contributed by atoms with Crippen LogP contribution in [0, 0.1) is 6.92 Å². The van der Waals surface area contributed by atoms with Crippen LogP contribution in [0.3, 0.4) is 0 Å². The normalized spacial score (nSPS) is 18.1. The van der Waals surface area contributed by atoms with Crippen LogP contribution >= 0.6 is 0 Å². The Morgan fingerprint density at radius 3 is 2.40 bits per heavy atom. The molecule has 0 aliphatic carbocycles. The number of quaternary nitrogens is 1. The molecule has 0 spiro atoms. The van der Waals surface area contributed by atoms with E-state index in [-0.39, 0.29) is 11.9 Å². The highest BCUT2D eigenvalue weighted by atomic mass is 16.5. The van der Waals surface area contributed by atoms with Crippen molar-refractivity contribution in [2.75, 3.05) is 32.1 Å². The summed E-state index contributed by atoms with van der Waals surface area (Å²) in [6, 6.07) is 5.24. The molecule has 5 heteroatoms. The summed E-state index contributed by atoms with van der Waals surface area (Å²) in [5, 5.41) is 3.02. The number of ether oxygens (including phenoxy) is 1. The Kier molecular flexibility index (Phi) is 6.59. The number of hydrogen-bond acceptors (Lipinski definition) is 3. The van der Waals surface area contributed by atoms with Gasteiger partial charge in [0.25, 0.3) is 5.91 Å². The molecule has 2 rings (SSSR count). The number of aryl methyl sites for hydroxylation is 1. The third kappa shape index (κ3) is 4.21. The quantitative estimate of drug-likeness (QED) is 0.655. The molecule has 5 nitrogen and oxygen atoms in total. The van der Waals surface area contributed by atoms with E-state index in [2.05, 4.69) is 12.2 Å². The number of nitrogens with zero attached hydrogens (tertiary/aromatic N) is 1. The van der Waals surface area contributed by atoms with E-state index in [4.69, 9.17) is 4.74 Å². The summed E-state index contributed by atoms with van der Waals surface area (Å²) in [5.41, 5.74) is 1.83. The molecule has 1 amide bonds. The fourth-order valence-electron chi connectivity index (χ4n) is 3.89. The molecule has 1 atom stereocenters. The Morgan fingerprint density at radius 1 is 1.20 bits per heavy atom. The van der Waals surface area contributed by atoms with Crippen LogP contribution in [-0.4, -0.2) is 49.1 Å². The fourth-order valence-corrected chi connectivity index (χ4v) is 3.89. The summed E-state index contributed by atoms with van der Waals surface area (Å²) in [4.78, 5) is 25.1. The van der Waals surface area contributed by atoms with E-state index in [0.717, 1.165) is 29.7 Å². The lowest BCUT2D eigenvalue weighted by molar-refractivity contribution is -0.938. The topological polar surface area (TPSA) is 55.4 Å². The lowest BCUT2D eigenvalue weighted by Crippen LogP contribution is -2.59. The summed E-state index contributed by atoms with van der Waals surface area (Å²) >= 11 is 0. The average Bonchev–Trinajstić information content (AvgIpc) is 2.88. The van der Waals surface area contributed by atoms with Crippen molar-refractivity contribution in [3.05, 3.63) is 29.3 Å². The second-order valence-electron chi connectivity index (χ2n) is 7.05. The van der Waals surface area contributed by atoms with Crippen molar-refractivity contribution in [1.82, 2.24) is 0 Å². The molecule has 1 heterocycles. The third-order valence-electron chi connectivity index (χ3n) is 5.71. The van der Waals surface area contributed by atoms with E-state index in [1.165, 1.54) is 32.8 Å². The van der Waals surface area contributed by atoms with Gasteiger partial charge in [-0.2, -0.15) is 0 Å². The zero-order chi connectivity index (χ0) is 18.4. The van der Waals surface area contributed by atoms with E-state index in [9.17, 15) is 9.59 Å². The molecule has 0 saturated carbocycles. The van der Waals surface area contributed by atoms with Gasteiger partial charge in [0.1, 0.15) is 0 Å². The molecule has 1 saturated heterocycles. The van der Waals surface area contributed by atoms with Crippen LogP contribution < -0.4 is 5.32 Å². The lowest BCUT2D eigenvalue weighted by Gasteiger charge is -2.41. The molecule has 1 N–H and O–H groups in total. The first kappa shape index (κ1) is 19.4. The number of carbonyl (C=O) groups is 2. The largest absolute Gasteiger partial charge is 0.465 e. The summed E-state index contributed by atoms with van der Waals surface area (Å²) in [6.07, 6.45) is 4.84. The maximum absolute atomic E-state index is 13.0. The monoisotopic (exact) mass is 347 g/mol. The molecule has 0 bridgehead atoms. The van der Waals surface area contributed by atoms with Gasteiger partial charge < -0.3 is 14.5 Å². The molecule has 0 aromatic heterocycles. The van der Waals surface area contributed by atoms with Crippen LogP contribution in [0.4, 0.5) is 5.69 Å². The molecule has 1 fully saturated rings. The molecule has 25 heavy (non-hydrogen) atoms. The minimum atomic E-state index is -0.430. The Morgan fingerprint density at radius 2 is 1.84 bits per heavy atom. The van der Waals surface area contributed by atoms with Crippen LogP contribution in [0.5, 0.6) is 0 Å². The van der Waals surface area contributed by atoms with Crippen LogP contribution in [-0.2, 0) is 9.53 Å². The number of carbonyl (C=O) groups excluding carboxylic acids is 2. The van der Waals surface area contributed by atoms with Crippen LogP contribution in [0.15, 0.2) is 18.2 Å². The zero-order valence-electron chi connectivity index (χ0n) is 15.9. The van der Waals surface area contributed by atoms with Gasteiger partial charge in [0.2, 0.25) is 0 Å². The van der Waals surface area contributed by atoms with E-state index in [1.807, 2.05) is 19.9 Å². The molecule has 1 unspecified atom stereocenters. The van der Waals surface area contributed by atoms with Crippen molar-refractivity contribution in [2.24, 2.45) is 0 Å². The Balaban J connectivity index is 2.25. The van der Waals surface area contributed by atoms with Gasteiger partial charge in [-0.15, -0.1) is 0 Å². The highest BCUT2D eigenvalue weighted by Crippen LogP contribution is 2.26. The highest BCUT2D eigenvalue weighted by molar-refractivity contribution is 6.03. The van der Waals surface area contributed by atoms with Crippen molar-refractivity contribution in [2.45, 2.75) is 52.5 Å². The Bertz CT molecular complexity index is 619. The van der Waals surface area contributed by atoms with Crippen molar-refractivity contribution in [1.29, 1.82) is 0 Å². The molecule has 0 radical (unpaired) electrons. The second kappa shape index (κ2) is 8.48. The summed E-state index contributed by atoms with van der Waals surface area (Å²) in [5.74, 6) is -0.455. The third-order valence-corrected chi connectivity index (χ3v) is 5.71. The number of methoxy groups -OCH3 is 1. The van der Waals surface area contributed by atoms with Gasteiger partial charge in [0, 0.05) is 0 Å². The molecule has 1 aromatic carbocycles. The minimum absolute atomic E-state index is 0.0248. The molecular weight excluding hydrogens is 316 g/mol. The smallest absolute Gasteiger partial charge is 0.339 e. The zero-order valence-corrected chi connectivity index (χ0v) is 15.9. The number of rotatable bonds is 5. The molecular formula is C20H31N2O3+. The van der Waals surface area contributed by atoms with Gasteiger partial charge in [-0.25, -0.2) is 4.79 Å². The number of anilines is 1. The van der Waals surface area contributed by atoms with Crippen LogP contribution in [0.1, 0.15) is 55.5 Å². The SMILES string of the molecule is CC[N+]1(C(C)C(=O)Nc2c(C)cccc2C(=O)OC)CCCCCC1. The van der Waals surface area contributed by atoms with Gasteiger partial charge in [-0.1, -0.05) is 12.1 Å². The van der Waals surface area contributed by atoms with Crippen molar-refractivity contribution in [3.8, 4) is 0 Å². The standard InChI is InChI=1S/C20H30N2O3/c1-5-22(13-8-6-7-9-14-22)16(3)19(23)21-18-15(2)11-10-12-17(18)20(24)25-4/h10-12,16H,5-9,13-14H2,1-4H3/p+1. The van der Waals surface area contributed by atoms with Crippen LogP contribution in [0.2, 0.25) is 0 Å². The molecule has 138 valence electrons. The summed E-state index contributed by atoms with van der Waals surface area (Å²) in [7, 11) is 1.35. The number of likely N-dealkylation sites (N-methyl/N-ethyl adjacent to an activating group) is 1.